The number of likely N-dealkylation sites (N-methyl/N-ethyl adjacent to an activating group) is 1. The van der Waals surface area contributed by atoms with Crippen molar-refractivity contribution in [2.24, 2.45) is 0 Å². The van der Waals surface area contributed by atoms with Crippen LogP contribution in [-0.2, 0) is 25.7 Å². The summed E-state index contributed by atoms with van der Waals surface area (Å²) < 4.78 is 13.4. The zero-order chi connectivity index (χ0) is 45.1. The van der Waals surface area contributed by atoms with Gasteiger partial charge in [-0.1, -0.05) is 35.3 Å². The molecule has 2 aromatic heterocycles. The number of rotatable bonds is 11. The van der Waals surface area contributed by atoms with E-state index in [4.69, 9.17) is 37.7 Å². The predicted octanol–water partition coefficient (Wildman–Crippen LogP) is 5.91. The number of imide groups is 1. The smallest absolute Gasteiger partial charge is 0.293 e. The van der Waals surface area contributed by atoms with Crippen molar-refractivity contribution in [2.75, 3.05) is 50.1 Å². The van der Waals surface area contributed by atoms with E-state index in [9.17, 15) is 24.0 Å². The average molecular weight is 915 g/mol. The maximum absolute atomic E-state index is 13.1. The van der Waals surface area contributed by atoms with E-state index in [0.717, 1.165) is 73.2 Å². The number of hydrogen-bond acceptors (Lipinski definition) is 12. The van der Waals surface area contributed by atoms with Crippen LogP contribution in [0.4, 0.5) is 17.5 Å². The number of hydrogen-bond donors (Lipinski definition) is 4. The number of piperidine rings is 2. The summed E-state index contributed by atoms with van der Waals surface area (Å²) in [5.74, 6) is 0.0374. The van der Waals surface area contributed by atoms with Crippen molar-refractivity contribution in [3.63, 3.8) is 0 Å². The lowest BCUT2D eigenvalue weighted by Gasteiger charge is -2.36. The SMILES string of the molecule is CNC(=O)COc1cc2cc(Nc3nc(N4CCC(OC5CCC5)CC4)ncc3Cl)ccc2n(C(C)C)c1=O.O=C1CCC(N2Cc3c(ccc(C4=CCNCC4)c3Cl)C2=O)C(=O)N1. The van der Waals surface area contributed by atoms with Crippen LogP contribution in [0.25, 0.3) is 16.5 Å². The third-order valence-electron chi connectivity index (χ3n) is 12.4. The maximum atomic E-state index is 13.1. The van der Waals surface area contributed by atoms with Crippen molar-refractivity contribution in [3.05, 3.63) is 85.8 Å². The summed E-state index contributed by atoms with van der Waals surface area (Å²) in [5.41, 5.74) is 4.68. The molecule has 6 heterocycles. The Labute approximate surface area is 381 Å². The van der Waals surface area contributed by atoms with Crippen LogP contribution in [0.3, 0.4) is 0 Å². The third-order valence-corrected chi connectivity index (χ3v) is 13.1. The summed E-state index contributed by atoms with van der Waals surface area (Å²) in [6.07, 6.45) is 11.5. The van der Waals surface area contributed by atoms with Crippen LogP contribution in [0.2, 0.25) is 10.0 Å². The molecule has 18 heteroatoms. The van der Waals surface area contributed by atoms with Crippen molar-refractivity contribution < 1.29 is 28.7 Å². The highest BCUT2D eigenvalue weighted by Crippen LogP contribution is 2.38. The summed E-state index contributed by atoms with van der Waals surface area (Å²) in [6.45, 7) is 7.31. The Bertz CT molecular complexity index is 2550. The highest BCUT2D eigenvalue weighted by molar-refractivity contribution is 6.34. The largest absolute Gasteiger partial charge is 0.478 e. The van der Waals surface area contributed by atoms with E-state index in [0.29, 0.717) is 52.5 Å². The molecule has 1 unspecified atom stereocenters. The van der Waals surface area contributed by atoms with Crippen molar-refractivity contribution in [2.45, 2.75) is 96.1 Å². The van der Waals surface area contributed by atoms with E-state index in [1.807, 2.05) is 38.1 Å². The Balaban J connectivity index is 0.000000192. The van der Waals surface area contributed by atoms with E-state index < -0.39 is 11.9 Å². The number of pyridine rings is 1. The molecule has 0 spiro atoms. The fourth-order valence-electron chi connectivity index (χ4n) is 8.65. The Kier molecular flexibility index (Phi) is 13.8. The second-order valence-electron chi connectivity index (χ2n) is 16.9. The standard InChI is InChI=1S/C28H35ClN6O4.C18H18ClN3O3/c1-17(2)35-23-8-7-19(13-18(23)14-24(27(35)37)38-16-25(36)30-3)32-26-22(29)15-31-28(33-26)34-11-9-21(10-12-34)39-20-5-4-6-20;19-16-11(10-5-7-20-8-6-10)1-2-12-13(16)9-22(18(12)25)14-3-4-15(23)21-17(14)24/h7-8,13-15,17,20-21H,4-6,9-12,16H2,1-3H3,(H,30,36)(H,31,32,33);1-2,5,14,20H,3-4,6-9H2,(H,21,23,24). The minimum atomic E-state index is -0.616. The van der Waals surface area contributed by atoms with Crippen LogP contribution in [0.1, 0.15) is 92.7 Å². The fraction of sp³-hybridized carbons (Fsp3) is 0.457. The van der Waals surface area contributed by atoms with E-state index in [1.54, 1.807) is 22.9 Å². The summed E-state index contributed by atoms with van der Waals surface area (Å²) >= 11 is 13.1. The molecule has 1 saturated carbocycles. The van der Waals surface area contributed by atoms with Crippen LogP contribution < -0.4 is 36.5 Å². The van der Waals surface area contributed by atoms with Crippen LogP contribution >= 0.6 is 23.2 Å². The van der Waals surface area contributed by atoms with Gasteiger partial charge in [0.25, 0.3) is 17.4 Å². The highest BCUT2D eigenvalue weighted by Gasteiger charge is 2.40. The molecule has 4 amide bonds. The number of fused-ring (bicyclic) bond motifs is 2. The van der Waals surface area contributed by atoms with E-state index in [-0.39, 0.29) is 48.1 Å². The van der Waals surface area contributed by atoms with Crippen molar-refractivity contribution in [1.82, 2.24) is 35.4 Å². The van der Waals surface area contributed by atoms with Gasteiger partial charge in [0, 0.05) is 67.9 Å². The molecule has 3 fully saturated rings. The molecule has 338 valence electrons. The normalized spacial score (nSPS) is 19.1. The van der Waals surface area contributed by atoms with Crippen molar-refractivity contribution in [3.8, 4) is 5.75 Å². The molecule has 4 aliphatic heterocycles. The lowest BCUT2D eigenvalue weighted by molar-refractivity contribution is -0.137. The molecule has 4 aromatic rings. The zero-order valence-corrected chi connectivity index (χ0v) is 37.7. The number of aromatic nitrogens is 3. The van der Waals surface area contributed by atoms with E-state index >= 15 is 0 Å². The summed E-state index contributed by atoms with van der Waals surface area (Å²) in [7, 11) is 1.52. The Morgan fingerprint density at radius 3 is 2.42 bits per heavy atom. The number of benzene rings is 2. The third kappa shape index (κ3) is 9.75. The van der Waals surface area contributed by atoms with Crippen LogP contribution in [-0.4, -0.2) is 101 Å². The van der Waals surface area contributed by atoms with E-state index in [1.165, 1.54) is 36.8 Å². The predicted molar refractivity (Wildman–Crippen MR) is 245 cm³/mol. The van der Waals surface area contributed by atoms with Gasteiger partial charge in [-0.25, -0.2) is 4.98 Å². The summed E-state index contributed by atoms with van der Waals surface area (Å²) in [5, 5.41) is 13.2. The molecule has 1 aliphatic carbocycles. The molecular formula is C46H53Cl2N9O7. The van der Waals surface area contributed by atoms with Gasteiger partial charge in [-0.3, -0.25) is 29.3 Å². The molecule has 0 radical (unpaired) electrons. The van der Waals surface area contributed by atoms with Gasteiger partial charge in [0.2, 0.25) is 17.8 Å². The number of nitrogens with one attached hydrogen (secondary N) is 4. The Morgan fingerprint density at radius 2 is 1.73 bits per heavy atom. The quantitative estimate of drug-likeness (QED) is 0.131. The number of amides is 4. The molecule has 9 rings (SSSR count). The number of halogens is 2. The fourth-order valence-corrected chi connectivity index (χ4v) is 9.14. The molecule has 2 aromatic carbocycles. The van der Waals surface area contributed by atoms with Gasteiger partial charge >= 0.3 is 0 Å². The highest BCUT2D eigenvalue weighted by atomic mass is 35.5. The first-order valence-electron chi connectivity index (χ1n) is 22.0. The maximum Gasteiger partial charge on any atom is 0.293 e. The topological polar surface area (TPSA) is 189 Å². The zero-order valence-electron chi connectivity index (χ0n) is 36.2. The van der Waals surface area contributed by atoms with Gasteiger partial charge in [-0.15, -0.1) is 0 Å². The number of nitrogens with zero attached hydrogens (tertiary/aromatic N) is 5. The van der Waals surface area contributed by atoms with Crippen LogP contribution in [0.5, 0.6) is 5.75 Å². The first-order chi connectivity index (χ1) is 30.9. The van der Waals surface area contributed by atoms with Crippen molar-refractivity contribution in [1.29, 1.82) is 0 Å². The first-order valence-corrected chi connectivity index (χ1v) is 22.7. The second kappa shape index (κ2) is 19.7. The lowest BCUT2D eigenvalue weighted by atomic mass is 9.95. The number of ether oxygens (including phenoxy) is 2. The molecule has 0 bridgehead atoms. The van der Waals surface area contributed by atoms with Gasteiger partial charge < -0.3 is 39.8 Å². The minimum absolute atomic E-state index is 0.107. The average Bonchev–Trinajstić information content (AvgIpc) is 3.61. The molecule has 64 heavy (non-hydrogen) atoms. The molecule has 4 N–H and O–H groups in total. The monoisotopic (exact) mass is 913 g/mol. The van der Waals surface area contributed by atoms with Gasteiger partial charge in [-0.05, 0) is 107 Å². The minimum Gasteiger partial charge on any atom is -0.478 e. The van der Waals surface area contributed by atoms with E-state index in [2.05, 4.69) is 37.2 Å². The number of carbonyl (C=O) groups is 4. The van der Waals surface area contributed by atoms with Gasteiger partial charge in [-0.2, -0.15) is 4.98 Å². The van der Waals surface area contributed by atoms with Crippen LogP contribution in [0.15, 0.2) is 53.5 Å². The number of carbonyl (C=O) groups excluding carboxylic acids is 4. The molecule has 16 nitrogen and oxygen atoms in total. The van der Waals surface area contributed by atoms with Gasteiger partial charge in [0.15, 0.2) is 18.2 Å². The number of anilines is 3. The van der Waals surface area contributed by atoms with Gasteiger partial charge in [0.1, 0.15) is 11.1 Å². The summed E-state index contributed by atoms with van der Waals surface area (Å²) in [4.78, 5) is 73.9. The molecule has 1 atom stereocenters. The van der Waals surface area contributed by atoms with Gasteiger partial charge in [0.05, 0.1) is 28.9 Å². The molecular weight excluding hydrogens is 861 g/mol. The van der Waals surface area contributed by atoms with Crippen molar-refractivity contribution >= 4 is 80.8 Å². The van der Waals surface area contributed by atoms with Crippen LogP contribution in [0, 0.1) is 0 Å². The Morgan fingerprint density at radius 1 is 0.969 bits per heavy atom. The second-order valence-corrected chi connectivity index (χ2v) is 17.7. The Hall–Kier alpha value is -5.55. The molecule has 2 saturated heterocycles. The summed E-state index contributed by atoms with van der Waals surface area (Å²) in [6, 6.07) is 10.3. The molecule has 5 aliphatic rings. The lowest BCUT2D eigenvalue weighted by Crippen LogP contribution is -2.52. The first kappa shape index (κ1) is 45.0.